The number of rotatable bonds is 3. The van der Waals surface area contributed by atoms with Crippen LogP contribution in [0.3, 0.4) is 0 Å². The minimum absolute atomic E-state index is 0.596. The Morgan fingerprint density at radius 1 is 1.54 bits per heavy atom. The van der Waals surface area contributed by atoms with E-state index in [2.05, 4.69) is 16.8 Å². The Morgan fingerprint density at radius 3 is 3.08 bits per heavy atom. The number of aryl methyl sites for hydroxylation is 1. The zero-order chi connectivity index (χ0) is 9.52. The number of nitrogen functional groups attached to an aromatic ring is 1. The summed E-state index contributed by atoms with van der Waals surface area (Å²) in [6.45, 7) is 1.87. The van der Waals surface area contributed by atoms with E-state index in [-0.39, 0.29) is 0 Å². The molecule has 1 aromatic heterocycles. The molecule has 0 amide bonds. The van der Waals surface area contributed by atoms with Gasteiger partial charge in [0.25, 0.3) is 0 Å². The Kier molecular flexibility index (Phi) is 3.84. The molecule has 0 spiro atoms. The van der Waals surface area contributed by atoms with Crippen LogP contribution in [0.5, 0.6) is 0 Å². The Hall–Kier alpha value is -1.49. The molecule has 0 saturated carbocycles. The fourth-order valence-electron chi connectivity index (χ4n) is 1.16. The largest absolute Gasteiger partial charge is 0.384 e. The van der Waals surface area contributed by atoms with Crippen LogP contribution in [0.2, 0.25) is 0 Å². The van der Waals surface area contributed by atoms with E-state index in [0.717, 1.165) is 19.3 Å². The molecule has 0 radical (unpaired) electrons. The van der Waals surface area contributed by atoms with E-state index < -0.39 is 0 Å². The van der Waals surface area contributed by atoms with Gasteiger partial charge in [0, 0.05) is 12.6 Å². The van der Waals surface area contributed by atoms with Crippen molar-refractivity contribution in [1.29, 1.82) is 0 Å². The molecule has 0 aliphatic carbocycles. The first-order chi connectivity index (χ1) is 6.33. The Labute approximate surface area is 79.2 Å². The first-order valence-corrected chi connectivity index (χ1v) is 4.43. The molecule has 68 valence electrons. The SMILES string of the molecule is CC#CCCCc1ccnc(N)c1. The molecule has 1 rings (SSSR count). The fourth-order valence-corrected chi connectivity index (χ4v) is 1.16. The molecule has 0 aliphatic rings. The Balaban J connectivity index is 2.39. The molecule has 0 saturated heterocycles. The summed E-state index contributed by atoms with van der Waals surface area (Å²) in [7, 11) is 0. The quantitative estimate of drug-likeness (QED) is 0.562. The molecule has 1 aromatic rings. The molecule has 1 heterocycles. The highest BCUT2D eigenvalue weighted by Gasteiger charge is 1.93. The van der Waals surface area contributed by atoms with Gasteiger partial charge >= 0.3 is 0 Å². The van der Waals surface area contributed by atoms with Gasteiger partial charge in [-0.05, 0) is 37.5 Å². The normalized spacial score (nSPS) is 9.00. The summed E-state index contributed by atoms with van der Waals surface area (Å²) in [5.74, 6) is 6.51. The number of aromatic nitrogens is 1. The van der Waals surface area contributed by atoms with Gasteiger partial charge in [-0.2, -0.15) is 0 Å². The Morgan fingerprint density at radius 2 is 2.38 bits per heavy atom. The average Bonchev–Trinajstić information content (AvgIpc) is 2.13. The van der Waals surface area contributed by atoms with Crippen LogP contribution in [-0.2, 0) is 6.42 Å². The van der Waals surface area contributed by atoms with Crippen molar-refractivity contribution in [2.24, 2.45) is 0 Å². The van der Waals surface area contributed by atoms with Crippen LogP contribution >= 0.6 is 0 Å². The smallest absolute Gasteiger partial charge is 0.123 e. The highest BCUT2D eigenvalue weighted by Crippen LogP contribution is 2.06. The van der Waals surface area contributed by atoms with Crippen molar-refractivity contribution in [3.8, 4) is 11.8 Å². The lowest BCUT2D eigenvalue weighted by molar-refractivity contribution is 0.856. The second-order valence-electron chi connectivity index (χ2n) is 2.87. The first kappa shape index (κ1) is 9.60. The highest BCUT2D eigenvalue weighted by atomic mass is 14.8. The number of nitrogens with two attached hydrogens (primary N) is 1. The van der Waals surface area contributed by atoms with Crippen LogP contribution in [0.25, 0.3) is 0 Å². The maximum Gasteiger partial charge on any atom is 0.123 e. The molecule has 0 atom stereocenters. The van der Waals surface area contributed by atoms with Gasteiger partial charge in [0.15, 0.2) is 0 Å². The molecule has 2 nitrogen and oxygen atoms in total. The summed E-state index contributed by atoms with van der Waals surface area (Å²) in [6, 6.07) is 3.91. The molecule has 0 aliphatic heterocycles. The molecular formula is C11H14N2. The van der Waals surface area contributed by atoms with E-state index >= 15 is 0 Å². The summed E-state index contributed by atoms with van der Waals surface area (Å²) in [4.78, 5) is 3.93. The van der Waals surface area contributed by atoms with Crippen molar-refractivity contribution in [3.63, 3.8) is 0 Å². The lowest BCUT2D eigenvalue weighted by Crippen LogP contribution is -1.92. The van der Waals surface area contributed by atoms with Gasteiger partial charge in [0.1, 0.15) is 5.82 Å². The third-order valence-corrected chi connectivity index (χ3v) is 1.79. The average molecular weight is 174 g/mol. The van der Waals surface area contributed by atoms with Crippen LogP contribution in [0.1, 0.15) is 25.3 Å². The van der Waals surface area contributed by atoms with Gasteiger partial charge in [-0.1, -0.05) is 0 Å². The van der Waals surface area contributed by atoms with E-state index in [1.165, 1.54) is 5.56 Å². The lowest BCUT2D eigenvalue weighted by Gasteiger charge is -1.98. The van der Waals surface area contributed by atoms with Crippen LogP contribution in [0.4, 0.5) is 5.82 Å². The first-order valence-electron chi connectivity index (χ1n) is 4.43. The minimum Gasteiger partial charge on any atom is -0.384 e. The number of nitrogens with zero attached hydrogens (tertiary/aromatic N) is 1. The van der Waals surface area contributed by atoms with Gasteiger partial charge in [0.2, 0.25) is 0 Å². The summed E-state index contributed by atoms with van der Waals surface area (Å²) < 4.78 is 0. The second kappa shape index (κ2) is 5.21. The number of pyridine rings is 1. The molecule has 13 heavy (non-hydrogen) atoms. The molecule has 2 heteroatoms. The zero-order valence-electron chi connectivity index (χ0n) is 7.88. The van der Waals surface area contributed by atoms with Gasteiger partial charge < -0.3 is 5.73 Å². The van der Waals surface area contributed by atoms with E-state index in [4.69, 9.17) is 5.73 Å². The van der Waals surface area contributed by atoms with E-state index in [1.807, 2.05) is 19.1 Å². The predicted octanol–water partition coefficient (Wildman–Crippen LogP) is 2.01. The van der Waals surface area contributed by atoms with Gasteiger partial charge in [-0.15, -0.1) is 11.8 Å². The molecule has 0 aromatic carbocycles. The standard InChI is InChI=1S/C11H14N2/c1-2-3-4-5-6-10-7-8-13-11(12)9-10/h7-9H,4-6H2,1H3,(H2,12,13). The second-order valence-corrected chi connectivity index (χ2v) is 2.87. The maximum absolute atomic E-state index is 5.55. The van der Waals surface area contributed by atoms with Gasteiger partial charge in [-0.25, -0.2) is 4.98 Å². The van der Waals surface area contributed by atoms with Crippen molar-refractivity contribution in [3.05, 3.63) is 23.9 Å². The summed E-state index contributed by atoms with van der Waals surface area (Å²) in [6.07, 6.45) is 4.82. The number of unbranched alkanes of at least 4 members (excludes halogenated alkanes) is 1. The summed E-state index contributed by atoms with van der Waals surface area (Å²) in [5.41, 5.74) is 6.79. The minimum atomic E-state index is 0.596. The van der Waals surface area contributed by atoms with Crippen LogP contribution in [-0.4, -0.2) is 4.98 Å². The molecular weight excluding hydrogens is 160 g/mol. The monoisotopic (exact) mass is 174 g/mol. The number of hydrogen-bond acceptors (Lipinski definition) is 2. The van der Waals surface area contributed by atoms with Gasteiger partial charge in [-0.3, -0.25) is 0 Å². The summed E-state index contributed by atoms with van der Waals surface area (Å²) in [5, 5.41) is 0. The molecule has 0 bridgehead atoms. The predicted molar refractivity (Wildman–Crippen MR) is 55.0 cm³/mol. The van der Waals surface area contributed by atoms with E-state index in [9.17, 15) is 0 Å². The van der Waals surface area contributed by atoms with E-state index in [1.54, 1.807) is 6.20 Å². The summed E-state index contributed by atoms with van der Waals surface area (Å²) >= 11 is 0. The number of hydrogen-bond donors (Lipinski definition) is 1. The van der Waals surface area contributed by atoms with Crippen molar-refractivity contribution in [2.45, 2.75) is 26.2 Å². The molecule has 2 N–H and O–H groups in total. The van der Waals surface area contributed by atoms with E-state index in [0.29, 0.717) is 5.82 Å². The number of anilines is 1. The van der Waals surface area contributed by atoms with Crippen LogP contribution < -0.4 is 5.73 Å². The van der Waals surface area contributed by atoms with Crippen LogP contribution in [0, 0.1) is 11.8 Å². The lowest BCUT2D eigenvalue weighted by atomic mass is 10.1. The topological polar surface area (TPSA) is 38.9 Å². The van der Waals surface area contributed by atoms with Crippen molar-refractivity contribution >= 4 is 5.82 Å². The third kappa shape index (κ3) is 3.62. The fraction of sp³-hybridized carbons (Fsp3) is 0.364. The Bertz CT molecular complexity index is 320. The highest BCUT2D eigenvalue weighted by molar-refractivity contribution is 5.31. The molecule has 0 unspecified atom stereocenters. The van der Waals surface area contributed by atoms with Crippen LogP contribution in [0.15, 0.2) is 18.3 Å². The maximum atomic E-state index is 5.55. The van der Waals surface area contributed by atoms with Crippen molar-refractivity contribution in [1.82, 2.24) is 4.98 Å². The van der Waals surface area contributed by atoms with Gasteiger partial charge in [0.05, 0.1) is 0 Å². The van der Waals surface area contributed by atoms with Crippen molar-refractivity contribution in [2.75, 3.05) is 5.73 Å². The zero-order valence-corrected chi connectivity index (χ0v) is 7.88. The molecule has 0 fully saturated rings. The van der Waals surface area contributed by atoms with Crippen molar-refractivity contribution < 1.29 is 0 Å². The third-order valence-electron chi connectivity index (χ3n) is 1.79.